The highest BCUT2D eigenvalue weighted by Crippen LogP contribution is 2.34. The van der Waals surface area contributed by atoms with Crippen LogP contribution in [0, 0.1) is 27.7 Å². The number of hydrogen-bond acceptors (Lipinski definition) is 6. The van der Waals surface area contributed by atoms with Gasteiger partial charge in [-0.05, 0) is 68.1 Å². The quantitative estimate of drug-likeness (QED) is 0.469. The standard InChI is InChI=1S/C19H22N4O2S/c1-10-5-6-14(7-11(10)2)25-9-16(24)22-17-12(3)8-15-18(13(17)4)26-19(21-15)23-20/h5-8H,9,20H2,1-4H3,(H,21,23)(H,22,24). The van der Waals surface area contributed by atoms with Crippen LogP contribution in [0.25, 0.3) is 10.2 Å². The van der Waals surface area contributed by atoms with Crippen molar-refractivity contribution in [3.05, 3.63) is 46.5 Å². The first-order valence-corrected chi connectivity index (χ1v) is 9.08. The van der Waals surface area contributed by atoms with E-state index in [9.17, 15) is 4.79 Å². The molecule has 0 aliphatic rings. The van der Waals surface area contributed by atoms with Gasteiger partial charge in [0.2, 0.25) is 0 Å². The number of nitrogens with one attached hydrogen (secondary N) is 2. The lowest BCUT2D eigenvalue weighted by Gasteiger charge is -2.13. The minimum Gasteiger partial charge on any atom is -0.484 e. The number of hydrazine groups is 1. The fraction of sp³-hybridized carbons (Fsp3) is 0.263. The van der Waals surface area contributed by atoms with Gasteiger partial charge in [-0.25, -0.2) is 10.8 Å². The number of nitrogen functional groups attached to an aromatic ring is 1. The number of benzene rings is 2. The second-order valence-electron chi connectivity index (χ2n) is 6.29. The summed E-state index contributed by atoms with van der Waals surface area (Å²) in [7, 11) is 0. The Bertz CT molecular complexity index is 981. The van der Waals surface area contributed by atoms with Crippen LogP contribution in [-0.2, 0) is 4.79 Å². The van der Waals surface area contributed by atoms with Crippen LogP contribution >= 0.6 is 11.3 Å². The monoisotopic (exact) mass is 370 g/mol. The number of fused-ring (bicyclic) bond motifs is 1. The van der Waals surface area contributed by atoms with Gasteiger partial charge in [-0.1, -0.05) is 17.4 Å². The number of carbonyl (C=O) groups is 1. The van der Waals surface area contributed by atoms with Crippen molar-refractivity contribution < 1.29 is 9.53 Å². The number of thiazole rings is 1. The zero-order valence-corrected chi connectivity index (χ0v) is 16.1. The van der Waals surface area contributed by atoms with Gasteiger partial charge in [-0.2, -0.15) is 0 Å². The fourth-order valence-corrected chi connectivity index (χ4v) is 3.63. The Balaban J connectivity index is 1.75. The van der Waals surface area contributed by atoms with Crippen molar-refractivity contribution in [2.45, 2.75) is 27.7 Å². The number of nitrogens with zero attached hydrogens (tertiary/aromatic N) is 1. The molecule has 6 nitrogen and oxygen atoms in total. The second kappa shape index (κ2) is 7.31. The van der Waals surface area contributed by atoms with Gasteiger partial charge in [0.05, 0.1) is 10.2 Å². The van der Waals surface area contributed by atoms with Gasteiger partial charge in [0.25, 0.3) is 5.91 Å². The molecule has 0 aliphatic carbocycles. The summed E-state index contributed by atoms with van der Waals surface area (Å²) >= 11 is 1.46. The van der Waals surface area contributed by atoms with Crippen LogP contribution in [0.3, 0.4) is 0 Å². The normalized spacial score (nSPS) is 10.8. The zero-order chi connectivity index (χ0) is 18.8. The maximum absolute atomic E-state index is 12.4. The van der Waals surface area contributed by atoms with Crippen LogP contribution in [0.4, 0.5) is 10.8 Å². The molecular formula is C19H22N4O2S. The van der Waals surface area contributed by atoms with Crippen molar-refractivity contribution >= 4 is 38.3 Å². The van der Waals surface area contributed by atoms with E-state index < -0.39 is 0 Å². The fourth-order valence-electron chi connectivity index (χ4n) is 2.77. The largest absolute Gasteiger partial charge is 0.484 e. The topological polar surface area (TPSA) is 89.3 Å². The molecule has 0 radical (unpaired) electrons. The number of rotatable bonds is 5. The molecule has 3 rings (SSSR count). The van der Waals surface area contributed by atoms with Gasteiger partial charge in [-0.15, -0.1) is 0 Å². The Labute approximate surface area is 156 Å². The third kappa shape index (κ3) is 3.63. The number of ether oxygens (including phenoxy) is 1. The summed E-state index contributed by atoms with van der Waals surface area (Å²) in [6.45, 7) is 7.93. The van der Waals surface area contributed by atoms with E-state index in [0.717, 1.165) is 32.6 Å². The van der Waals surface area contributed by atoms with Gasteiger partial charge in [0.1, 0.15) is 5.75 Å². The molecular weight excluding hydrogens is 348 g/mol. The first-order chi connectivity index (χ1) is 12.4. The molecule has 1 heterocycles. The van der Waals surface area contributed by atoms with E-state index in [1.54, 1.807) is 0 Å². The summed E-state index contributed by atoms with van der Waals surface area (Å²) in [5, 5.41) is 3.60. The highest BCUT2D eigenvalue weighted by atomic mass is 32.1. The minimum absolute atomic E-state index is 0.0439. The number of hydrogen-bond donors (Lipinski definition) is 3. The maximum Gasteiger partial charge on any atom is 0.262 e. The Morgan fingerprint density at radius 3 is 2.62 bits per heavy atom. The molecule has 3 aromatic rings. The van der Waals surface area contributed by atoms with Crippen molar-refractivity contribution in [1.82, 2.24) is 4.98 Å². The molecule has 0 saturated heterocycles. The van der Waals surface area contributed by atoms with E-state index in [1.807, 2.05) is 52.0 Å². The lowest BCUT2D eigenvalue weighted by molar-refractivity contribution is -0.118. The van der Waals surface area contributed by atoms with E-state index in [-0.39, 0.29) is 12.5 Å². The molecule has 0 aliphatic heterocycles. The van der Waals surface area contributed by atoms with Crippen LogP contribution in [-0.4, -0.2) is 17.5 Å². The number of carbonyl (C=O) groups excluding carboxylic acids is 1. The summed E-state index contributed by atoms with van der Waals surface area (Å²) < 4.78 is 6.61. The molecule has 1 aromatic heterocycles. The Morgan fingerprint density at radius 2 is 1.92 bits per heavy atom. The van der Waals surface area contributed by atoms with Crippen LogP contribution in [0.1, 0.15) is 22.3 Å². The summed E-state index contributed by atoms with van der Waals surface area (Å²) in [5.74, 6) is 5.94. The van der Waals surface area contributed by atoms with Crippen LogP contribution < -0.4 is 21.3 Å². The van der Waals surface area contributed by atoms with Crippen molar-refractivity contribution in [1.29, 1.82) is 0 Å². The van der Waals surface area contributed by atoms with E-state index in [2.05, 4.69) is 15.7 Å². The van der Waals surface area contributed by atoms with E-state index in [1.165, 1.54) is 16.9 Å². The Morgan fingerprint density at radius 1 is 1.15 bits per heavy atom. The summed E-state index contributed by atoms with van der Waals surface area (Å²) in [4.78, 5) is 16.8. The van der Waals surface area contributed by atoms with E-state index >= 15 is 0 Å². The number of anilines is 2. The lowest BCUT2D eigenvalue weighted by atomic mass is 10.1. The minimum atomic E-state index is -0.199. The molecule has 7 heteroatoms. The lowest BCUT2D eigenvalue weighted by Crippen LogP contribution is -2.21. The molecule has 0 bridgehead atoms. The van der Waals surface area contributed by atoms with Gasteiger partial charge < -0.3 is 10.1 Å². The van der Waals surface area contributed by atoms with Crippen molar-refractivity contribution in [3.8, 4) is 5.75 Å². The first kappa shape index (κ1) is 18.2. The number of aryl methyl sites for hydroxylation is 4. The van der Waals surface area contributed by atoms with Crippen LogP contribution in [0.15, 0.2) is 24.3 Å². The smallest absolute Gasteiger partial charge is 0.262 e. The molecule has 0 spiro atoms. The molecule has 136 valence electrons. The summed E-state index contributed by atoms with van der Waals surface area (Å²) in [5.41, 5.74) is 8.47. The Hall–Kier alpha value is -2.64. The van der Waals surface area contributed by atoms with E-state index in [4.69, 9.17) is 10.6 Å². The molecule has 2 aromatic carbocycles. The molecule has 26 heavy (non-hydrogen) atoms. The summed E-state index contributed by atoms with van der Waals surface area (Å²) in [6, 6.07) is 7.73. The predicted octanol–water partition coefficient (Wildman–Crippen LogP) is 3.83. The SMILES string of the molecule is Cc1ccc(OCC(=O)Nc2c(C)cc3nc(NN)sc3c2C)cc1C. The zero-order valence-electron chi connectivity index (χ0n) is 15.3. The van der Waals surface area contributed by atoms with Crippen molar-refractivity contribution in [3.63, 3.8) is 0 Å². The van der Waals surface area contributed by atoms with Gasteiger partial charge in [-0.3, -0.25) is 10.2 Å². The molecule has 0 fully saturated rings. The third-order valence-corrected chi connectivity index (χ3v) is 5.47. The summed E-state index contributed by atoms with van der Waals surface area (Å²) in [6.07, 6.45) is 0. The third-order valence-electron chi connectivity index (χ3n) is 4.35. The first-order valence-electron chi connectivity index (χ1n) is 8.26. The van der Waals surface area contributed by atoms with E-state index in [0.29, 0.717) is 10.9 Å². The average molecular weight is 370 g/mol. The second-order valence-corrected chi connectivity index (χ2v) is 7.29. The number of aromatic nitrogens is 1. The van der Waals surface area contributed by atoms with Crippen LogP contribution in [0.5, 0.6) is 5.75 Å². The molecule has 4 N–H and O–H groups in total. The molecule has 0 unspecified atom stereocenters. The number of nitrogens with two attached hydrogens (primary N) is 1. The molecule has 0 atom stereocenters. The van der Waals surface area contributed by atoms with Gasteiger partial charge in [0.15, 0.2) is 11.7 Å². The highest BCUT2D eigenvalue weighted by molar-refractivity contribution is 7.22. The Kier molecular flexibility index (Phi) is 5.11. The van der Waals surface area contributed by atoms with Crippen LogP contribution in [0.2, 0.25) is 0 Å². The molecule has 1 amide bonds. The molecule has 0 saturated carbocycles. The average Bonchev–Trinajstić information content (AvgIpc) is 3.03. The highest BCUT2D eigenvalue weighted by Gasteiger charge is 2.14. The van der Waals surface area contributed by atoms with Crippen molar-refractivity contribution in [2.24, 2.45) is 5.84 Å². The maximum atomic E-state index is 12.4. The van der Waals surface area contributed by atoms with Gasteiger partial charge in [0, 0.05) is 5.69 Å². The predicted molar refractivity (Wildman–Crippen MR) is 107 cm³/mol. The van der Waals surface area contributed by atoms with Crippen molar-refractivity contribution in [2.75, 3.05) is 17.3 Å². The number of amides is 1. The van der Waals surface area contributed by atoms with Gasteiger partial charge >= 0.3 is 0 Å².